The summed E-state index contributed by atoms with van der Waals surface area (Å²) in [5.74, 6) is 1.73. The van der Waals surface area contributed by atoms with Crippen molar-refractivity contribution in [1.29, 1.82) is 0 Å². The Balaban J connectivity index is 1.78. The monoisotopic (exact) mass is 232 g/mol. The third-order valence-electron chi connectivity index (χ3n) is 3.95. The zero-order valence-electron chi connectivity index (χ0n) is 11.0. The number of nitrogen functional groups attached to an aromatic ring is 1. The van der Waals surface area contributed by atoms with Gasteiger partial charge in [-0.15, -0.1) is 0 Å². The molecular formula is C15H24N2. The van der Waals surface area contributed by atoms with Gasteiger partial charge in [-0.3, -0.25) is 0 Å². The fourth-order valence-corrected chi connectivity index (χ4v) is 2.58. The number of anilines is 1. The van der Waals surface area contributed by atoms with Gasteiger partial charge in [-0.25, -0.2) is 0 Å². The number of rotatable bonds is 4. The smallest absolute Gasteiger partial charge is 0.0314 e. The molecule has 0 amide bonds. The summed E-state index contributed by atoms with van der Waals surface area (Å²) in [6.07, 6.45) is 2.52. The predicted molar refractivity (Wildman–Crippen MR) is 73.9 cm³/mol. The molecule has 0 aromatic heterocycles. The Morgan fingerprint density at radius 3 is 2.59 bits per heavy atom. The first kappa shape index (κ1) is 12.4. The quantitative estimate of drug-likeness (QED) is 0.809. The van der Waals surface area contributed by atoms with Crippen LogP contribution in [-0.2, 0) is 6.42 Å². The van der Waals surface area contributed by atoms with Gasteiger partial charge in [0.15, 0.2) is 0 Å². The number of likely N-dealkylation sites (tertiary alicyclic amines) is 1. The summed E-state index contributed by atoms with van der Waals surface area (Å²) < 4.78 is 0. The van der Waals surface area contributed by atoms with Crippen LogP contribution in [0, 0.1) is 11.8 Å². The van der Waals surface area contributed by atoms with E-state index in [1.54, 1.807) is 0 Å². The lowest BCUT2D eigenvalue weighted by Gasteiger charge is -2.17. The van der Waals surface area contributed by atoms with Gasteiger partial charge in [0.2, 0.25) is 0 Å². The maximum absolute atomic E-state index is 5.69. The van der Waals surface area contributed by atoms with E-state index >= 15 is 0 Å². The van der Waals surface area contributed by atoms with Crippen LogP contribution in [0.2, 0.25) is 0 Å². The molecule has 1 aliphatic rings. The van der Waals surface area contributed by atoms with Gasteiger partial charge in [0.1, 0.15) is 0 Å². The maximum Gasteiger partial charge on any atom is 0.0314 e. The SMILES string of the molecule is CC(C)C1CCN(CCc2ccc(N)cc2)C1. The molecule has 17 heavy (non-hydrogen) atoms. The molecule has 1 aromatic rings. The highest BCUT2D eigenvalue weighted by Crippen LogP contribution is 2.23. The zero-order valence-corrected chi connectivity index (χ0v) is 11.0. The van der Waals surface area contributed by atoms with Crippen LogP contribution in [0.4, 0.5) is 5.69 Å². The molecule has 2 N–H and O–H groups in total. The number of hydrogen-bond acceptors (Lipinski definition) is 2. The summed E-state index contributed by atoms with van der Waals surface area (Å²) in [5.41, 5.74) is 7.94. The number of nitrogens with two attached hydrogens (primary N) is 1. The highest BCUT2D eigenvalue weighted by atomic mass is 15.1. The van der Waals surface area contributed by atoms with Crippen molar-refractivity contribution in [3.05, 3.63) is 29.8 Å². The second-order valence-electron chi connectivity index (χ2n) is 5.58. The molecule has 1 fully saturated rings. The molecule has 1 aliphatic heterocycles. The summed E-state index contributed by atoms with van der Waals surface area (Å²) in [4.78, 5) is 2.60. The summed E-state index contributed by atoms with van der Waals surface area (Å²) in [7, 11) is 0. The van der Waals surface area contributed by atoms with Crippen LogP contribution in [0.3, 0.4) is 0 Å². The van der Waals surface area contributed by atoms with Gasteiger partial charge in [-0.1, -0.05) is 26.0 Å². The standard InChI is InChI=1S/C15H24N2/c1-12(2)14-8-10-17(11-14)9-7-13-3-5-15(16)6-4-13/h3-6,12,14H,7-11,16H2,1-2H3. The molecule has 1 atom stereocenters. The number of hydrogen-bond donors (Lipinski definition) is 1. The van der Waals surface area contributed by atoms with E-state index in [-0.39, 0.29) is 0 Å². The Hall–Kier alpha value is -1.02. The molecule has 1 aromatic carbocycles. The van der Waals surface area contributed by atoms with Gasteiger partial charge in [-0.2, -0.15) is 0 Å². The minimum Gasteiger partial charge on any atom is -0.399 e. The van der Waals surface area contributed by atoms with Crippen LogP contribution in [0.15, 0.2) is 24.3 Å². The first-order valence-electron chi connectivity index (χ1n) is 6.72. The molecule has 0 spiro atoms. The highest BCUT2D eigenvalue weighted by Gasteiger charge is 2.24. The van der Waals surface area contributed by atoms with E-state index in [4.69, 9.17) is 5.73 Å². The van der Waals surface area contributed by atoms with Crippen molar-refractivity contribution in [1.82, 2.24) is 4.90 Å². The highest BCUT2D eigenvalue weighted by molar-refractivity contribution is 5.39. The average molecular weight is 232 g/mol. The predicted octanol–water partition coefficient (Wildman–Crippen LogP) is 2.79. The van der Waals surface area contributed by atoms with E-state index in [0.717, 1.165) is 23.9 Å². The van der Waals surface area contributed by atoms with Crippen LogP contribution in [-0.4, -0.2) is 24.5 Å². The van der Waals surface area contributed by atoms with Crippen LogP contribution >= 0.6 is 0 Å². The van der Waals surface area contributed by atoms with Crippen molar-refractivity contribution in [3.8, 4) is 0 Å². The molecule has 1 saturated heterocycles. The Morgan fingerprint density at radius 2 is 2.00 bits per heavy atom. The van der Waals surface area contributed by atoms with Gasteiger partial charge >= 0.3 is 0 Å². The van der Waals surface area contributed by atoms with Crippen molar-refractivity contribution in [2.75, 3.05) is 25.4 Å². The number of benzene rings is 1. The van der Waals surface area contributed by atoms with Gasteiger partial charge in [0.25, 0.3) is 0 Å². The van der Waals surface area contributed by atoms with E-state index in [0.29, 0.717) is 0 Å². The lowest BCUT2D eigenvalue weighted by molar-refractivity contribution is 0.306. The second kappa shape index (κ2) is 5.54. The van der Waals surface area contributed by atoms with Crippen LogP contribution < -0.4 is 5.73 Å². The average Bonchev–Trinajstić information content (AvgIpc) is 2.77. The summed E-state index contributed by atoms with van der Waals surface area (Å²) in [6.45, 7) is 8.43. The van der Waals surface area contributed by atoms with E-state index in [1.165, 1.54) is 31.6 Å². The Bertz CT molecular complexity index is 342. The minimum atomic E-state index is 0.830. The zero-order chi connectivity index (χ0) is 12.3. The maximum atomic E-state index is 5.69. The minimum absolute atomic E-state index is 0.830. The normalized spacial score (nSPS) is 21.2. The summed E-state index contributed by atoms with van der Waals surface area (Å²) >= 11 is 0. The van der Waals surface area contributed by atoms with E-state index in [9.17, 15) is 0 Å². The lowest BCUT2D eigenvalue weighted by Crippen LogP contribution is -2.24. The van der Waals surface area contributed by atoms with Crippen molar-refractivity contribution in [3.63, 3.8) is 0 Å². The molecule has 0 saturated carbocycles. The Kier molecular flexibility index (Phi) is 4.06. The molecule has 0 aliphatic carbocycles. The van der Waals surface area contributed by atoms with Crippen molar-refractivity contribution >= 4 is 5.69 Å². The van der Waals surface area contributed by atoms with E-state index in [1.807, 2.05) is 12.1 Å². The molecular weight excluding hydrogens is 208 g/mol. The van der Waals surface area contributed by atoms with Crippen LogP contribution in [0.5, 0.6) is 0 Å². The summed E-state index contributed by atoms with van der Waals surface area (Å²) in [5, 5.41) is 0. The molecule has 1 heterocycles. The van der Waals surface area contributed by atoms with Gasteiger partial charge in [-0.05, 0) is 48.9 Å². The second-order valence-corrected chi connectivity index (χ2v) is 5.58. The molecule has 94 valence electrons. The molecule has 2 rings (SSSR count). The van der Waals surface area contributed by atoms with Gasteiger partial charge in [0.05, 0.1) is 0 Å². The molecule has 2 nitrogen and oxygen atoms in total. The van der Waals surface area contributed by atoms with E-state index in [2.05, 4.69) is 30.9 Å². The Labute approximate surface area is 105 Å². The lowest BCUT2D eigenvalue weighted by atomic mass is 9.95. The van der Waals surface area contributed by atoms with Crippen LogP contribution in [0.1, 0.15) is 25.8 Å². The first-order chi connectivity index (χ1) is 8.15. The third-order valence-corrected chi connectivity index (χ3v) is 3.95. The van der Waals surface area contributed by atoms with Crippen molar-refractivity contribution in [2.45, 2.75) is 26.7 Å². The van der Waals surface area contributed by atoms with Crippen molar-refractivity contribution in [2.24, 2.45) is 11.8 Å². The first-order valence-corrected chi connectivity index (χ1v) is 6.72. The Morgan fingerprint density at radius 1 is 1.29 bits per heavy atom. The molecule has 0 bridgehead atoms. The summed E-state index contributed by atoms with van der Waals surface area (Å²) in [6, 6.07) is 8.28. The van der Waals surface area contributed by atoms with Crippen molar-refractivity contribution < 1.29 is 0 Å². The van der Waals surface area contributed by atoms with Gasteiger partial charge < -0.3 is 10.6 Å². The largest absolute Gasteiger partial charge is 0.399 e. The fourth-order valence-electron chi connectivity index (χ4n) is 2.58. The molecule has 0 radical (unpaired) electrons. The molecule has 1 unspecified atom stereocenters. The fraction of sp³-hybridized carbons (Fsp3) is 0.600. The van der Waals surface area contributed by atoms with Crippen LogP contribution in [0.25, 0.3) is 0 Å². The van der Waals surface area contributed by atoms with E-state index < -0.39 is 0 Å². The molecule has 2 heteroatoms. The topological polar surface area (TPSA) is 29.3 Å². The third kappa shape index (κ3) is 3.47. The number of nitrogens with zero attached hydrogens (tertiary/aromatic N) is 1. The van der Waals surface area contributed by atoms with Gasteiger partial charge in [0, 0.05) is 18.8 Å².